The number of benzene rings is 4. The lowest BCUT2D eigenvalue weighted by molar-refractivity contribution is 0.627. The third kappa shape index (κ3) is 4.81. The number of aromatic nitrogens is 8. The number of fused-ring (bicyclic) bond motifs is 7. The molecule has 6 aromatic heterocycles. The quantitative estimate of drug-likeness (QED) is 0.163. The van der Waals surface area contributed by atoms with Crippen molar-refractivity contribution in [2.24, 2.45) is 0 Å². The molecule has 58 heavy (non-hydrogen) atoms. The molecule has 272 valence electrons. The van der Waals surface area contributed by atoms with Crippen LogP contribution in [0, 0.1) is 0 Å². The summed E-state index contributed by atoms with van der Waals surface area (Å²) in [4.78, 5) is 44.0. The van der Waals surface area contributed by atoms with Crippen LogP contribution in [0.4, 0.5) is 45.9 Å². The fraction of sp³-hybridized carbons (Fsp3) is 0. The molecular formula is C42H26B2N12O2. The third-order valence-corrected chi connectivity index (χ3v) is 10.8. The Morgan fingerprint density at radius 3 is 1.10 bits per heavy atom. The van der Waals surface area contributed by atoms with E-state index in [0.29, 0.717) is 11.8 Å². The first-order valence-electron chi connectivity index (χ1n) is 18.5. The van der Waals surface area contributed by atoms with Gasteiger partial charge in [-0.05, 0) is 46.0 Å². The minimum atomic E-state index is -0.388. The predicted molar refractivity (Wildman–Crippen MR) is 224 cm³/mol. The highest BCUT2D eigenvalue weighted by Crippen LogP contribution is 2.53. The first-order valence-corrected chi connectivity index (χ1v) is 18.5. The van der Waals surface area contributed by atoms with Crippen LogP contribution in [0.25, 0.3) is 32.7 Å². The van der Waals surface area contributed by atoms with Gasteiger partial charge in [0.25, 0.3) is 0 Å². The molecule has 2 aliphatic rings. The number of hydrogen-bond acceptors (Lipinski definition) is 14. The van der Waals surface area contributed by atoms with Crippen molar-refractivity contribution in [2.45, 2.75) is 0 Å². The normalized spacial score (nSPS) is 13.7. The van der Waals surface area contributed by atoms with Gasteiger partial charge in [0, 0.05) is 10.8 Å². The van der Waals surface area contributed by atoms with E-state index in [0.717, 1.165) is 77.8 Å². The first-order chi connectivity index (χ1) is 28.8. The number of furan rings is 2. The SMILES string of the molecule is c1ccc2c3c(oc2c1)N(c1cncnc1)B(c1ccc2cc(B4N(c5cncnc5)c5oc6ccccc6c5N4c4cncnc4)ccc2c1)N3c1cncnc1. The molecule has 0 amide bonds. The summed E-state index contributed by atoms with van der Waals surface area (Å²) in [7, 11) is 0. The Balaban J connectivity index is 1.02. The van der Waals surface area contributed by atoms with Crippen LogP contribution in [0.3, 0.4) is 0 Å². The van der Waals surface area contributed by atoms with E-state index in [1.807, 2.05) is 61.2 Å². The highest BCUT2D eigenvalue weighted by Gasteiger charge is 2.49. The molecule has 0 radical (unpaired) electrons. The largest absolute Gasteiger partial charge is 0.439 e. The van der Waals surface area contributed by atoms with Crippen LogP contribution in [0.2, 0.25) is 0 Å². The molecule has 0 saturated carbocycles. The van der Waals surface area contributed by atoms with E-state index in [1.54, 1.807) is 24.8 Å². The lowest BCUT2D eigenvalue weighted by atomic mass is 9.63. The summed E-state index contributed by atoms with van der Waals surface area (Å²) in [6, 6.07) is 29.2. The lowest BCUT2D eigenvalue weighted by Gasteiger charge is -2.30. The van der Waals surface area contributed by atoms with Gasteiger partial charge in [-0.3, -0.25) is 0 Å². The van der Waals surface area contributed by atoms with E-state index in [2.05, 4.69) is 108 Å². The van der Waals surface area contributed by atoms with E-state index in [-0.39, 0.29) is 14.0 Å². The smallest absolute Gasteiger partial charge is 0.423 e. The molecule has 0 N–H and O–H groups in total. The van der Waals surface area contributed by atoms with Crippen LogP contribution >= 0.6 is 0 Å². The van der Waals surface area contributed by atoms with E-state index in [9.17, 15) is 0 Å². The van der Waals surface area contributed by atoms with Crippen molar-refractivity contribution in [1.29, 1.82) is 0 Å². The zero-order valence-corrected chi connectivity index (χ0v) is 30.3. The Morgan fingerprint density at radius 1 is 0.379 bits per heavy atom. The van der Waals surface area contributed by atoms with Gasteiger partial charge in [-0.15, -0.1) is 0 Å². The molecule has 0 spiro atoms. The molecule has 0 bridgehead atoms. The summed E-state index contributed by atoms with van der Waals surface area (Å²) in [5, 5.41) is 4.04. The van der Waals surface area contributed by atoms with Crippen molar-refractivity contribution in [1.82, 2.24) is 39.9 Å². The highest BCUT2D eigenvalue weighted by molar-refractivity contribution is 6.85. The molecule has 8 heterocycles. The second-order valence-corrected chi connectivity index (χ2v) is 14.0. The van der Waals surface area contributed by atoms with Crippen LogP contribution in [-0.4, -0.2) is 53.8 Å². The van der Waals surface area contributed by atoms with Crippen molar-refractivity contribution in [3.63, 3.8) is 0 Å². The standard InChI is InChI=1S/C42H26B2N12O2/c1-3-7-37-35(5-1)39-41(57-37)55(33-19-49-25-50-20-33)43(53(39)31-15-45-23-46-16-31)29-11-9-28-14-30(12-10-27(28)13-29)44-54(32-17-47-24-48-18-32)40-36-6-2-4-8-38(36)58-42(40)56(44)34-21-51-26-52-22-34/h1-26H. The Hall–Kier alpha value is -8.13. The summed E-state index contributed by atoms with van der Waals surface area (Å²) in [6.07, 6.45) is 20.6. The molecular weight excluding hydrogens is 726 g/mol. The number of hydrogen-bond donors (Lipinski definition) is 0. The number of nitrogens with zero attached hydrogens (tertiary/aromatic N) is 12. The van der Waals surface area contributed by atoms with Gasteiger partial charge < -0.3 is 28.1 Å². The minimum Gasteiger partial charge on any atom is -0.439 e. The molecule has 0 atom stereocenters. The van der Waals surface area contributed by atoms with Crippen LogP contribution in [0.5, 0.6) is 0 Å². The van der Waals surface area contributed by atoms with Gasteiger partial charge in [0.15, 0.2) is 0 Å². The van der Waals surface area contributed by atoms with Crippen molar-refractivity contribution < 1.29 is 8.83 Å². The summed E-state index contributed by atoms with van der Waals surface area (Å²) < 4.78 is 13.3. The maximum Gasteiger partial charge on any atom is 0.423 e. The van der Waals surface area contributed by atoms with Gasteiger partial charge >= 0.3 is 14.0 Å². The Morgan fingerprint density at radius 2 is 0.724 bits per heavy atom. The summed E-state index contributed by atoms with van der Waals surface area (Å²) in [5.41, 5.74) is 8.59. The first kappa shape index (κ1) is 32.1. The number of anilines is 8. The van der Waals surface area contributed by atoms with Crippen LogP contribution < -0.4 is 30.2 Å². The summed E-state index contributed by atoms with van der Waals surface area (Å²) in [5.74, 6) is 1.36. The van der Waals surface area contributed by atoms with E-state index < -0.39 is 0 Å². The molecule has 10 aromatic rings. The van der Waals surface area contributed by atoms with Gasteiger partial charge in [0.05, 0.1) is 72.3 Å². The average molecular weight is 752 g/mol. The molecule has 0 saturated heterocycles. The second kappa shape index (κ2) is 12.7. The molecule has 0 aliphatic carbocycles. The van der Waals surface area contributed by atoms with Crippen molar-refractivity contribution in [3.05, 3.63) is 160 Å². The van der Waals surface area contributed by atoms with E-state index in [1.165, 1.54) is 25.3 Å². The maximum absolute atomic E-state index is 6.63. The topological polar surface area (TPSA) is 142 Å². The Labute approximate surface area is 330 Å². The monoisotopic (exact) mass is 752 g/mol. The van der Waals surface area contributed by atoms with Gasteiger partial charge in [0.2, 0.25) is 11.8 Å². The Bertz CT molecular complexity index is 2930. The predicted octanol–water partition coefficient (Wildman–Crippen LogP) is 6.86. The Kier molecular flexibility index (Phi) is 7.04. The summed E-state index contributed by atoms with van der Waals surface area (Å²) >= 11 is 0. The zero-order chi connectivity index (χ0) is 38.2. The average Bonchev–Trinajstić information content (AvgIpc) is 4.04. The van der Waals surface area contributed by atoms with Crippen molar-refractivity contribution >= 4 is 103 Å². The summed E-state index contributed by atoms with van der Waals surface area (Å²) in [6.45, 7) is -0.776. The van der Waals surface area contributed by atoms with Crippen LogP contribution in [0.1, 0.15) is 0 Å². The van der Waals surface area contributed by atoms with Crippen molar-refractivity contribution in [3.8, 4) is 0 Å². The van der Waals surface area contributed by atoms with Gasteiger partial charge in [0.1, 0.15) is 47.9 Å². The molecule has 16 heteroatoms. The fourth-order valence-electron chi connectivity index (χ4n) is 8.45. The van der Waals surface area contributed by atoms with Crippen molar-refractivity contribution in [2.75, 3.05) is 19.2 Å². The highest BCUT2D eigenvalue weighted by atomic mass is 16.4. The molecule has 4 aromatic carbocycles. The second-order valence-electron chi connectivity index (χ2n) is 14.0. The minimum absolute atomic E-state index is 0.388. The van der Waals surface area contributed by atoms with E-state index >= 15 is 0 Å². The third-order valence-electron chi connectivity index (χ3n) is 10.8. The van der Waals surface area contributed by atoms with Gasteiger partial charge in [-0.2, -0.15) is 0 Å². The van der Waals surface area contributed by atoms with Crippen LogP contribution in [-0.2, 0) is 0 Å². The van der Waals surface area contributed by atoms with Gasteiger partial charge in [-0.25, -0.2) is 39.9 Å². The molecule has 2 aliphatic heterocycles. The number of rotatable bonds is 6. The fourth-order valence-corrected chi connectivity index (χ4v) is 8.45. The molecule has 0 fully saturated rings. The van der Waals surface area contributed by atoms with Crippen LogP contribution in [0.15, 0.2) is 169 Å². The maximum atomic E-state index is 6.63. The number of para-hydroxylation sites is 2. The van der Waals surface area contributed by atoms with E-state index in [4.69, 9.17) is 8.83 Å². The zero-order valence-electron chi connectivity index (χ0n) is 30.3. The van der Waals surface area contributed by atoms with Gasteiger partial charge in [-0.1, -0.05) is 60.7 Å². The molecule has 0 unspecified atom stereocenters. The molecule has 12 rings (SSSR count). The molecule has 14 nitrogen and oxygen atoms in total. The lowest BCUT2D eigenvalue weighted by Crippen LogP contribution is -2.53.